The summed E-state index contributed by atoms with van der Waals surface area (Å²) < 4.78 is 5.66. The quantitative estimate of drug-likeness (QED) is 0.433. The second kappa shape index (κ2) is 8.28. The Hall–Kier alpha value is -2.77. The van der Waals surface area contributed by atoms with Crippen LogP contribution in [-0.2, 0) is 20.9 Å². The zero-order chi connectivity index (χ0) is 19.4. The summed E-state index contributed by atoms with van der Waals surface area (Å²) in [7, 11) is 0. The van der Waals surface area contributed by atoms with Gasteiger partial charge in [0, 0.05) is 10.5 Å². The van der Waals surface area contributed by atoms with Crippen LogP contribution in [0.5, 0.6) is 0 Å². The van der Waals surface area contributed by atoms with Crippen molar-refractivity contribution in [2.75, 3.05) is 18.1 Å². The van der Waals surface area contributed by atoms with Gasteiger partial charge in [-0.05, 0) is 41.5 Å². The lowest BCUT2D eigenvalue weighted by Crippen LogP contribution is -2.29. The summed E-state index contributed by atoms with van der Waals surface area (Å²) in [5.74, 6) is -1.74. The maximum atomic E-state index is 12.4. The molecule has 0 bridgehead atoms. The smallest absolute Gasteiger partial charge is 0.330 e. The zero-order valence-electron chi connectivity index (χ0n) is 14.2. The molecule has 0 fully saturated rings. The minimum Gasteiger partial charge on any atom is -0.460 e. The molecule has 1 aliphatic rings. The normalized spacial score (nSPS) is 13.3. The van der Waals surface area contributed by atoms with Gasteiger partial charge in [0.05, 0.1) is 24.4 Å². The standard InChI is InChI=1S/C20H16BrNO5/c21-15-5-1-14(2-6-15)12-22-17-7-3-13(4-8-18(24)27-10-9-23)11-16(17)19(25)20(22)26/h1-8,11,23H,9-10,12H2/b8-4+. The monoisotopic (exact) mass is 429 g/mol. The van der Waals surface area contributed by atoms with Gasteiger partial charge in [0.2, 0.25) is 0 Å². The van der Waals surface area contributed by atoms with Crippen LogP contribution in [0.2, 0.25) is 0 Å². The van der Waals surface area contributed by atoms with Crippen molar-refractivity contribution < 1.29 is 24.2 Å². The van der Waals surface area contributed by atoms with Gasteiger partial charge in [-0.3, -0.25) is 9.59 Å². The van der Waals surface area contributed by atoms with E-state index in [-0.39, 0.29) is 13.2 Å². The Morgan fingerprint density at radius 3 is 2.59 bits per heavy atom. The molecule has 0 unspecified atom stereocenters. The molecule has 1 amide bonds. The van der Waals surface area contributed by atoms with Crippen LogP contribution >= 0.6 is 15.9 Å². The number of anilines is 1. The molecule has 1 heterocycles. The van der Waals surface area contributed by atoms with Gasteiger partial charge in [-0.2, -0.15) is 0 Å². The Morgan fingerprint density at radius 2 is 1.89 bits per heavy atom. The van der Waals surface area contributed by atoms with Gasteiger partial charge in [0.1, 0.15) is 6.61 Å². The summed E-state index contributed by atoms with van der Waals surface area (Å²) in [6.07, 6.45) is 2.70. The summed E-state index contributed by atoms with van der Waals surface area (Å²) in [6.45, 7) is -0.0257. The van der Waals surface area contributed by atoms with Crippen molar-refractivity contribution >= 4 is 45.4 Å². The van der Waals surface area contributed by atoms with Gasteiger partial charge in [-0.25, -0.2) is 4.79 Å². The highest BCUT2D eigenvalue weighted by Crippen LogP contribution is 2.31. The van der Waals surface area contributed by atoms with Crippen molar-refractivity contribution in [3.05, 3.63) is 69.7 Å². The number of halogens is 1. The van der Waals surface area contributed by atoms with E-state index in [0.29, 0.717) is 23.4 Å². The van der Waals surface area contributed by atoms with E-state index in [1.807, 2.05) is 24.3 Å². The average molecular weight is 430 g/mol. The van der Waals surface area contributed by atoms with Crippen LogP contribution in [0.3, 0.4) is 0 Å². The molecule has 0 aromatic heterocycles. The maximum absolute atomic E-state index is 12.4. The molecular weight excluding hydrogens is 414 g/mol. The zero-order valence-corrected chi connectivity index (χ0v) is 15.8. The maximum Gasteiger partial charge on any atom is 0.330 e. The second-order valence-corrected chi connectivity index (χ2v) is 6.76. The number of Topliss-reactive ketones (excluding diaryl/α,β-unsaturated/α-hetero) is 1. The van der Waals surface area contributed by atoms with Crippen molar-refractivity contribution in [3.8, 4) is 0 Å². The fraction of sp³-hybridized carbons (Fsp3) is 0.150. The van der Waals surface area contributed by atoms with E-state index in [9.17, 15) is 14.4 Å². The molecule has 1 aliphatic heterocycles. The van der Waals surface area contributed by atoms with Crippen LogP contribution in [0.1, 0.15) is 21.5 Å². The minimum absolute atomic E-state index is 0.0780. The van der Waals surface area contributed by atoms with E-state index in [1.54, 1.807) is 18.2 Å². The Kier molecular flexibility index (Phi) is 5.83. The molecule has 0 saturated heterocycles. The summed E-state index contributed by atoms with van der Waals surface area (Å²) in [5, 5.41) is 8.63. The molecule has 0 saturated carbocycles. The fourth-order valence-electron chi connectivity index (χ4n) is 2.71. The molecular formula is C20H16BrNO5. The van der Waals surface area contributed by atoms with E-state index >= 15 is 0 Å². The van der Waals surface area contributed by atoms with Crippen molar-refractivity contribution in [2.45, 2.75) is 6.54 Å². The number of carbonyl (C=O) groups is 3. The van der Waals surface area contributed by atoms with E-state index in [2.05, 4.69) is 15.9 Å². The number of aliphatic hydroxyl groups is 1. The molecule has 0 aliphatic carbocycles. The minimum atomic E-state index is -0.594. The Bertz CT molecular complexity index is 920. The van der Waals surface area contributed by atoms with Crippen LogP contribution in [0.25, 0.3) is 6.08 Å². The lowest BCUT2D eigenvalue weighted by molar-refractivity contribution is -0.138. The number of carbonyl (C=O) groups excluding carboxylic acids is 3. The molecule has 27 heavy (non-hydrogen) atoms. The van der Waals surface area contributed by atoms with E-state index in [0.717, 1.165) is 10.0 Å². The topological polar surface area (TPSA) is 83.9 Å². The summed E-state index contributed by atoms with van der Waals surface area (Å²) in [4.78, 5) is 37.6. The van der Waals surface area contributed by atoms with Crippen molar-refractivity contribution in [1.82, 2.24) is 0 Å². The summed E-state index contributed by atoms with van der Waals surface area (Å²) >= 11 is 3.37. The first kappa shape index (κ1) is 19.0. The van der Waals surface area contributed by atoms with Crippen LogP contribution in [0.4, 0.5) is 5.69 Å². The fourth-order valence-corrected chi connectivity index (χ4v) is 2.97. The van der Waals surface area contributed by atoms with Crippen LogP contribution in [0, 0.1) is 0 Å². The van der Waals surface area contributed by atoms with Crippen LogP contribution in [-0.4, -0.2) is 36.0 Å². The predicted molar refractivity (Wildman–Crippen MR) is 103 cm³/mol. The van der Waals surface area contributed by atoms with Crippen molar-refractivity contribution in [1.29, 1.82) is 0 Å². The van der Waals surface area contributed by atoms with Gasteiger partial charge < -0.3 is 14.7 Å². The highest BCUT2D eigenvalue weighted by atomic mass is 79.9. The SMILES string of the molecule is O=C(/C=C/c1ccc2c(c1)C(=O)C(=O)N2Cc1ccc(Br)cc1)OCCO. The van der Waals surface area contributed by atoms with E-state index in [1.165, 1.54) is 17.1 Å². The number of amides is 1. The largest absolute Gasteiger partial charge is 0.460 e. The molecule has 0 atom stereocenters. The molecule has 2 aromatic rings. The molecule has 0 radical (unpaired) electrons. The number of benzene rings is 2. The number of fused-ring (bicyclic) bond motifs is 1. The molecule has 7 heteroatoms. The highest BCUT2D eigenvalue weighted by molar-refractivity contribution is 9.10. The first-order valence-electron chi connectivity index (χ1n) is 8.20. The summed E-state index contributed by atoms with van der Waals surface area (Å²) in [6, 6.07) is 12.5. The van der Waals surface area contributed by atoms with Gasteiger partial charge >= 0.3 is 5.97 Å². The lowest BCUT2D eigenvalue weighted by atomic mass is 10.1. The molecule has 6 nitrogen and oxygen atoms in total. The van der Waals surface area contributed by atoms with Gasteiger partial charge in [0.15, 0.2) is 0 Å². The van der Waals surface area contributed by atoms with E-state index < -0.39 is 17.7 Å². The Balaban J connectivity index is 1.80. The number of hydrogen-bond acceptors (Lipinski definition) is 5. The number of esters is 1. The number of ketones is 1. The molecule has 3 rings (SSSR count). The number of rotatable bonds is 6. The van der Waals surface area contributed by atoms with Crippen molar-refractivity contribution in [2.24, 2.45) is 0 Å². The molecule has 1 N–H and O–H groups in total. The number of ether oxygens (including phenoxy) is 1. The van der Waals surface area contributed by atoms with Gasteiger partial charge in [0.25, 0.3) is 11.7 Å². The van der Waals surface area contributed by atoms with Gasteiger partial charge in [-0.1, -0.05) is 34.1 Å². The average Bonchev–Trinajstić information content (AvgIpc) is 2.91. The van der Waals surface area contributed by atoms with E-state index in [4.69, 9.17) is 9.84 Å². The third kappa shape index (κ3) is 4.32. The van der Waals surface area contributed by atoms with Crippen LogP contribution < -0.4 is 4.90 Å². The predicted octanol–water partition coefficient (Wildman–Crippen LogP) is 2.73. The molecule has 2 aromatic carbocycles. The van der Waals surface area contributed by atoms with Crippen LogP contribution in [0.15, 0.2) is 53.0 Å². The van der Waals surface area contributed by atoms with Gasteiger partial charge in [-0.15, -0.1) is 0 Å². The number of aliphatic hydroxyl groups excluding tert-OH is 1. The third-order valence-electron chi connectivity index (χ3n) is 4.00. The Labute approximate surface area is 164 Å². The number of nitrogens with zero attached hydrogens (tertiary/aromatic N) is 1. The first-order chi connectivity index (χ1) is 13.0. The second-order valence-electron chi connectivity index (χ2n) is 5.85. The third-order valence-corrected chi connectivity index (χ3v) is 4.53. The highest BCUT2D eigenvalue weighted by Gasteiger charge is 2.35. The lowest BCUT2D eigenvalue weighted by Gasteiger charge is -2.16. The molecule has 0 spiro atoms. The Morgan fingerprint density at radius 1 is 1.15 bits per heavy atom. The van der Waals surface area contributed by atoms with Crippen molar-refractivity contribution in [3.63, 3.8) is 0 Å². The summed E-state index contributed by atoms with van der Waals surface area (Å²) in [5.41, 5.74) is 2.36. The first-order valence-corrected chi connectivity index (χ1v) is 8.99. The molecule has 138 valence electrons. The number of hydrogen-bond donors (Lipinski definition) is 1.